The third-order valence-electron chi connectivity index (χ3n) is 6.52. The van der Waals surface area contributed by atoms with Crippen molar-refractivity contribution in [3.8, 4) is 11.1 Å². The maximum Gasteiger partial charge on any atom is 0.254 e. The Hall–Kier alpha value is -2.73. The molecule has 0 radical (unpaired) electrons. The minimum Gasteiger partial charge on any atom is -0.332 e. The lowest BCUT2D eigenvalue weighted by atomic mass is 9.88. The Labute approximate surface area is 183 Å². The van der Waals surface area contributed by atoms with Gasteiger partial charge in [0.05, 0.1) is 11.4 Å². The zero-order chi connectivity index (χ0) is 21.6. The normalized spacial score (nSPS) is 20.6. The third kappa shape index (κ3) is 3.97. The van der Waals surface area contributed by atoms with Crippen molar-refractivity contribution in [1.82, 2.24) is 4.90 Å². The smallest absolute Gasteiger partial charge is 0.254 e. The number of amides is 1. The highest BCUT2D eigenvalue weighted by molar-refractivity contribution is 7.90. The zero-order valence-electron chi connectivity index (χ0n) is 17.6. The summed E-state index contributed by atoms with van der Waals surface area (Å²) in [5.41, 5.74) is 4.88. The van der Waals surface area contributed by atoms with Crippen molar-refractivity contribution in [2.45, 2.75) is 49.1 Å². The van der Waals surface area contributed by atoms with Gasteiger partial charge in [-0.2, -0.15) is 0 Å². The molecule has 0 aromatic heterocycles. The van der Waals surface area contributed by atoms with Gasteiger partial charge < -0.3 is 4.90 Å². The van der Waals surface area contributed by atoms with E-state index < -0.39 is 9.84 Å². The van der Waals surface area contributed by atoms with Crippen LogP contribution in [0.5, 0.6) is 0 Å². The van der Waals surface area contributed by atoms with E-state index in [9.17, 15) is 13.2 Å². The first kappa shape index (κ1) is 20.2. The topological polar surface area (TPSA) is 66.8 Å². The Balaban J connectivity index is 1.41. The number of benzene rings is 2. The van der Waals surface area contributed by atoms with Gasteiger partial charge in [-0.3, -0.25) is 9.79 Å². The van der Waals surface area contributed by atoms with Crippen LogP contribution < -0.4 is 0 Å². The number of hydrogen-bond donors (Lipinski definition) is 0. The number of nitrogens with zero attached hydrogens (tertiary/aromatic N) is 2. The van der Waals surface area contributed by atoms with Crippen LogP contribution in [-0.2, 0) is 9.84 Å². The van der Waals surface area contributed by atoms with Crippen molar-refractivity contribution in [1.29, 1.82) is 0 Å². The average molecular weight is 435 g/mol. The average Bonchev–Trinajstić information content (AvgIpc) is 3.49. The highest BCUT2D eigenvalue weighted by Crippen LogP contribution is 2.37. The fraction of sp³-hybridized carbons (Fsp3) is 0.360. The lowest BCUT2D eigenvalue weighted by Crippen LogP contribution is -2.43. The van der Waals surface area contributed by atoms with Crippen molar-refractivity contribution < 1.29 is 13.2 Å². The highest BCUT2D eigenvalue weighted by atomic mass is 32.2. The standard InChI is InChI=1S/C25H26N2O3S/c1-31(29,30)24-5-3-2-4-23(24)17-6-8-18(9-7-17)25(28)27(21-12-13-21)22-11-10-19-15-26-16-20(19)14-22/h2-9,16,21-22H,10-15H2,1H3. The van der Waals surface area contributed by atoms with Crippen molar-refractivity contribution in [2.24, 2.45) is 4.99 Å². The summed E-state index contributed by atoms with van der Waals surface area (Å²) in [5.74, 6) is 0.0782. The molecule has 6 heteroatoms. The summed E-state index contributed by atoms with van der Waals surface area (Å²) in [4.78, 5) is 20.3. The van der Waals surface area contributed by atoms with Crippen molar-refractivity contribution >= 4 is 22.0 Å². The molecule has 0 spiro atoms. The predicted octanol–water partition coefficient (Wildman–Crippen LogP) is 4.30. The second kappa shape index (κ2) is 7.75. The molecule has 5 nitrogen and oxygen atoms in total. The molecule has 5 rings (SSSR count). The zero-order valence-corrected chi connectivity index (χ0v) is 18.4. The van der Waals surface area contributed by atoms with Crippen LogP contribution in [0, 0.1) is 0 Å². The van der Waals surface area contributed by atoms with Gasteiger partial charge in [0, 0.05) is 35.7 Å². The summed E-state index contributed by atoms with van der Waals surface area (Å²) in [6.07, 6.45) is 8.29. The molecule has 1 amide bonds. The van der Waals surface area contributed by atoms with Gasteiger partial charge in [-0.15, -0.1) is 0 Å². The Morgan fingerprint density at radius 3 is 2.45 bits per heavy atom. The molecule has 2 aromatic rings. The Morgan fingerprint density at radius 2 is 1.74 bits per heavy atom. The summed E-state index contributed by atoms with van der Waals surface area (Å²) >= 11 is 0. The van der Waals surface area contributed by atoms with E-state index in [2.05, 4.69) is 9.89 Å². The second-order valence-electron chi connectivity index (χ2n) is 8.78. The lowest BCUT2D eigenvalue weighted by molar-refractivity contribution is 0.0645. The van der Waals surface area contributed by atoms with Crippen molar-refractivity contribution in [3.05, 3.63) is 65.2 Å². The molecule has 1 fully saturated rings. The number of carbonyl (C=O) groups is 1. The first-order chi connectivity index (χ1) is 14.9. The first-order valence-corrected chi connectivity index (χ1v) is 12.7. The lowest BCUT2D eigenvalue weighted by Gasteiger charge is -2.35. The summed E-state index contributed by atoms with van der Waals surface area (Å²) in [6.45, 7) is 0.829. The molecule has 0 bridgehead atoms. The quantitative estimate of drug-likeness (QED) is 0.705. The van der Waals surface area contributed by atoms with Gasteiger partial charge in [0.15, 0.2) is 9.84 Å². The SMILES string of the molecule is CS(=O)(=O)c1ccccc1-c1ccc(C(=O)N(C2CC2)C2CCC3=C(C=NC3)C2)cc1. The van der Waals surface area contributed by atoms with Crippen LogP contribution in [0.2, 0.25) is 0 Å². The molecule has 1 aliphatic heterocycles. The molecule has 160 valence electrons. The molecule has 1 atom stereocenters. The highest BCUT2D eigenvalue weighted by Gasteiger charge is 2.39. The largest absolute Gasteiger partial charge is 0.332 e. The molecular formula is C25H26N2O3S. The van der Waals surface area contributed by atoms with Crippen molar-refractivity contribution in [2.75, 3.05) is 12.8 Å². The van der Waals surface area contributed by atoms with E-state index in [4.69, 9.17) is 0 Å². The molecule has 31 heavy (non-hydrogen) atoms. The minimum atomic E-state index is -3.34. The van der Waals surface area contributed by atoms with Gasteiger partial charge >= 0.3 is 0 Å². The Morgan fingerprint density at radius 1 is 1.00 bits per heavy atom. The van der Waals surface area contributed by atoms with E-state index in [1.807, 2.05) is 36.5 Å². The molecule has 2 aromatic carbocycles. The number of aliphatic imine (C=N–C) groups is 1. The molecule has 0 saturated heterocycles. The summed E-state index contributed by atoms with van der Waals surface area (Å²) in [5, 5.41) is 0. The fourth-order valence-electron chi connectivity index (χ4n) is 4.78. The van der Waals surface area contributed by atoms with Crippen LogP contribution >= 0.6 is 0 Å². The summed E-state index contributed by atoms with van der Waals surface area (Å²) in [7, 11) is -3.34. The van der Waals surface area contributed by atoms with E-state index in [1.165, 1.54) is 17.4 Å². The van der Waals surface area contributed by atoms with Crippen molar-refractivity contribution in [3.63, 3.8) is 0 Å². The second-order valence-corrected chi connectivity index (χ2v) is 10.8. The van der Waals surface area contributed by atoms with Crippen LogP contribution in [-0.4, -0.2) is 50.3 Å². The fourth-order valence-corrected chi connectivity index (χ4v) is 5.69. The van der Waals surface area contributed by atoms with Gasteiger partial charge in [0.1, 0.15) is 0 Å². The van der Waals surface area contributed by atoms with Crippen LogP contribution in [0.15, 0.2) is 69.6 Å². The maximum atomic E-state index is 13.5. The number of hydrogen-bond acceptors (Lipinski definition) is 4. The third-order valence-corrected chi connectivity index (χ3v) is 7.67. The number of carbonyl (C=O) groups excluding carboxylic acids is 1. The summed E-state index contributed by atoms with van der Waals surface area (Å²) < 4.78 is 24.3. The van der Waals surface area contributed by atoms with Gasteiger partial charge in [-0.1, -0.05) is 30.3 Å². The molecule has 0 N–H and O–H groups in total. The van der Waals surface area contributed by atoms with E-state index in [-0.39, 0.29) is 11.9 Å². The first-order valence-electron chi connectivity index (χ1n) is 10.8. The monoisotopic (exact) mass is 434 g/mol. The number of rotatable bonds is 5. The number of sulfone groups is 1. The predicted molar refractivity (Wildman–Crippen MR) is 122 cm³/mol. The molecular weight excluding hydrogens is 408 g/mol. The minimum absolute atomic E-state index is 0.0782. The van der Waals surface area contributed by atoms with E-state index in [0.717, 1.165) is 44.2 Å². The molecule has 3 aliphatic rings. The Bertz CT molecular complexity index is 1190. The molecule has 1 saturated carbocycles. The molecule has 1 heterocycles. The Kier molecular flexibility index (Phi) is 5.05. The molecule has 1 unspecified atom stereocenters. The van der Waals surface area contributed by atoms with E-state index in [0.29, 0.717) is 22.1 Å². The van der Waals surface area contributed by atoms with Gasteiger partial charge in [0.2, 0.25) is 0 Å². The van der Waals surface area contributed by atoms with Gasteiger partial charge in [-0.05, 0) is 67.0 Å². The van der Waals surface area contributed by atoms with Gasteiger partial charge in [0.25, 0.3) is 5.91 Å². The summed E-state index contributed by atoms with van der Waals surface area (Å²) in [6, 6.07) is 14.9. The van der Waals surface area contributed by atoms with Crippen LogP contribution in [0.4, 0.5) is 0 Å². The van der Waals surface area contributed by atoms with Crippen LogP contribution in [0.25, 0.3) is 11.1 Å². The van der Waals surface area contributed by atoms with Gasteiger partial charge in [-0.25, -0.2) is 8.42 Å². The maximum absolute atomic E-state index is 13.5. The van der Waals surface area contributed by atoms with Crippen LogP contribution in [0.3, 0.4) is 0 Å². The van der Waals surface area contributed by atoms with E-state index in [1.54, 1.807) is 18.2 Å². The molecule has 2 aliphatic carbocycles. The van der Waals surface area contributed by atoms with E-state index >= 15 is 0 Å². The van der Waals surface area contributed by atoms with Crippen LogP contribution in [0.1, 0.15) is 42.5 Å².